The van der Waals surface area contributed by atoms with E-state index in [0.717, 1.165) is 0 Å². The van der Waals surface area contributed by atoms with E-state index < -0.39 is 11.9 Å². The van der Waals surface area contributed by atoms with Gasteiger partial charge in [0.15, 0.2) is 0 Å². The van der Waals surface area contributed by atoms with Crippen LogP contribution in [0.25, 0.3) is 0 Å². The van der Waals surface area contributed by atoms with Crippen molar-refractivity contribution >= 4 is 17.8 Å². The van der Waals surface area contributed by atoms with Crippen molar-refractivity contribution in [3.05, 3.63) is 11.3 Å². The number of nitrogens with two attached hydrogens (primary N) is 1. The fourth-order valence-corrected chi connectivity index (χ4v) is 0.730. The van der Waals surface area contributed by atoms with Crippen LogP contribution in [0.2, 0.25) is 0 Å². The molecule has 0 spiro atoms. The number of aliphatic imine (C=N–C) groups is 1. The second kappa shape index (κ2) is 2.65. The van der Waals surface area contributed by atoms with Crippen molar-refractivity contribution in [2.45, 2.75) is 6.92 Å². The highest BCUT2D eigenvalue weighted by atomic mass is 16.4. The molecular formula is C6H7N3O3. The van der Waals surface area contributed by atoms with Gasteiger partial charge < -0.3 is 10.8 Å². The minimum Gasteiger partial charge on any atom is -0.478 e. The van der Waals surface area contributed by atoms with Crippen LogP contribution in [-0.2, 0) is 9.59 Å². The topological polar surface area (TPSA) is 105 Å². The van der Waals surface area contributed by atoms with Gasteiger partial charge in [0.1, 0.15) is 5.70 Å². The van der Waals surface area contributed by atoms with Crippen LogP contribution in [-0.4, -0.2) is 22.9 Å². The maximum Gasteiger partial charge on any atom is 0.333 e. The maximum atomic E-state index is 10.9. The zero-order valence-electron chi connectivity index (χ0n) is 6.29. The highest BCUT2D eigenvalue weighted by molar-refractivity contribution is 6.14. The number of hydrogen-bond acceptors (Lipinski definition) is 4. The Morgan fingerprint density at radius 3 is 2.58 bits per heavy atom. The first kappa shape index (κ1) is 8.25. The average Bonchev–Trinajstić information content (AvgIpc) is 2.28. The van der Waals surface area contributed by atoms with Gasteiger partial charge in [0.2, 0.25) is 5.96 Å². The zero-order chi connectivity index (χ0) is 9.30. The molecule has 0 aliphatic carbocycles. The quantitative estimate of drug-likeness (QED) is 0.428. The normalized spacial score (nSPS) is 20.1. The number of carboxylic acid groups (broad SMARTS) is 1. The summed E-state index contributed by atoms with van der Waals surface area (Å²) in [5, 5.41) is 10.7. The van der Waals surface area contributed by atoms with Crippen molar-refractivity contribution in [3.63, 3.8) is 0 Å². The van der Waals surface area contributed by atoms with Gasteiger partial charge in [0, 0.05) is 0 Å². The first-order valence-corrected chi connectivity index (χ1v) is 3.12. The minimum absolute atomic E-state index is 0.0735. The predicted molar refractivity (Wildman–Crippen MR) is 40.1 cm³/mol. The molecule has 0 saturated heterocycles. The average molecular weight is 169 g/mol. The summed E-state index contributed by atoms with van der Waals surface area (Å²) in [6, 6.07) is 0. The van der Waals surface area contributed by atoms with E-state index in [1.807, 2.05) is 0 Å². The number of aliphatic carboxylic acids is 1. The molecule has 4 N–H and O–H groups in total. The number of hydrogen-bond donors (Lipinski definition) is 3. The Labute approximate surface area is 67.8 Å². The molecule has 6 heteroatoms. The van der Waals surface area contributed by atoms with Crippen LogP contribution in [0.15, 0.2) is 16.3 Å². The summed E-state index contributed by atoms with van der Waals surface area (Å²) in [5.41, 5.74) is 4.89. The van der Waals surface area contributed by atoms with Crippen LogP contribution in [0.5, 0.6) is 0 Å². The van der Waals surface area contributed by atoms with Gasteiger partial charge in [-0.3, -0.25) is 10.1 Å². The molecule has 6 nitrogen and oxygen atoms in total. The number of carboxylic acids is 1. The van der Waals surface area contributed by atoms with Crippen molar-refractivity contribution in [1.29, 1.82) is 0 Å². The lowest BCUT2D eigenvalue weighted by atomic mass is 10.2. The summed E-state index contributed by atoms with van der Waals surface area (Å²) < 4.78 is 0. The molecule has 64 valence electrons. The van der Waals surface area contributed by atoms with Crippen LogP contribution in [0.3, 0.4) is 0 Å². The van der Waals surface area contributed by atoms with Crippen LogP contribution in [0, 0.1) is 0 Å². The van der Waals surface area contributed by atoms with Crippen molar-refractivity contribution in [1.82, 2.24) is 5.32 Å². The summed E-state index contributed by atoms with van der Waals surface area (Å²) >= 11 is 0. The number of nitrogens with one attached hydrogen (secondary N) is 1. The minimum atomic E-state index is -1.18. The van der Waals surface area contributed by atoms with E-state index in [9.17, 15) is 9.59 Å². The lowest BCUT2D eigenvalue weighted by Crippen LogP contribution is -2.30. The summed E-state index contributed by atoms with van der Waals surface area (Å²) in [6.45, 7) is 1.29. The van der Waals surface area contributed by atoms with Crippen molar-refractivity contribution < 1.29 is 14.7 Å². The molecule has 0 radical (unpaired) electrons. The first-order chi connectivity index (χ1) is 5.52. The molecule has 0 aromatic heterocycles. The van der Waals surface area contributed by atoms with Gasteiger partial charge in [-0.05, 0) is 6.92 Å². The second-order valence-electron chi connectivity index (χ2n) is 2.23. The lowest BCUT2D eigenvalue weighted by molar-refractivity contribution is -0.133. The maximum absolute atomic E-state index is 10.9. The molecule has 0 aromatic rings. The van der Waals surface area contributed by atoms with E-state index in [-0.39, 0.29) is 17.2 Å². The number of guanidine groups is 1. The molecule has 0 fully saturated rings. The van der Waals surface area contributed by atoms with Gasteiger partial charge in [-0.15, -0.1) is 0 Å². The molecule has 1 heterocycles. The summed E-state index contributed by atoms with van der Waals surface area (Å²) in [5.74, 6) is -1.83. The highest BCUT2D eigenvalue weighted by Gasteiger charge is 2.22. The molecule has 1 aliphatic rings. The molecule has 0 aromatic carbocycles. The smallest absolute Gasteiger partial charge is 0.333 e. The SMILES string of the molecule is CC(C(=O)O)=C1N=C(N)NC1=O. The highest BCUT2D eigenvalue weighted by Crippen LogP contribution is 2.09. The van der Waals surface area contributed by atoms with Crippen molar-refractivity contribution in [2.75, 3.05) is 0 Å². The largest absolute Gasteiger partial charge is 0.478 e. The summed E-state index contributed by atoms with van der Waals surface area (Å²) in [4.78, 5) is 24.8. The number of carbonyl (C=O) groups is 2. The third kappa shape index (κ3) is 1.26. The third-order valence-electron chi connectivity index (χ3n) is 1.36. The van der Waals surface area contributed by atoms with E-state index in [2.05, 4.69) is 10.3 Å². The molecule has 0 saturated carbocycles. The van der Waals surface area contributed by atoms with Crippen molar-refractivity contribution in [2.24, 2.45) is 10.7 Å². The van der Waals surface area contributed by atoms with Crippen LogP contribution < -0.4 is 11.1 Å². The molecule has 1 amide bonds. The van der Waals surface area contributed by atoms with Gasteiger partial charge in [-0.2, -0.15) is 0 Å². The standard InChI is InChI=1S/C6H7N3O3/c1-2(5(11)12)3-4(10)9-6(7)8-3/h1H3,(H,11,12)(H3,7,8,9,10). The monoisotopic (exact) mass is 169 g/mol. The predicted octanol–water partition coefficient (Wildman–Crippen LogP) is -1.21. The number of rotatable bonds is 1. The van der Waals surface area contributed by atoms with Gasteiger partial charge in [-0.1, -0.05) is 0 Å². The molecular weight excluding hydrogens is 162 g/mol. The number of carbonyl (C=O) groups excluding carboxylic acids is 1. The number of amides is 1. The Morgan fingerprint density at radius 2 is 2.25 bits per heavy atom. The number of nitrogens with zero attached hydrogens (tertiary/aromatic N) is 1. The molecule has 12 heavy (non-hydrogen) atoms. The Hall–Kier alpha value is -1.85. The third-order valence-corrected chi connectivity index (χ3v) is 1.36. The summed E-state index contributed by atoms with van der Waals surface area (Å²) in [6.07, 6.45) is 0. The zero-order valence-corrected chi connectivity index (χ0v) is 6.29. The molecule has 0 bridgehead atoms. The van der Waals surface area contributed by atoms with E-state index in [1.54, 1.807) is 0 Å². The second-order valence-corrected chi connectivity index (χ2v) is 2.23. The molecule has 0 unspecified atom stereocenters. The van der Waals surface area contributed by atoms with E-state index >= 15 is 0 Å². The molecule has 1 rings (SSSR count). The molecule has 0 atom stereocenters. The van der Waals surface area contributed by atoms with Crippen LogP contribution in [0.4, 0.5) is 0 Å². The Bertz CT molecular complexity index is 316. The first-order valence-electron chi connectivity index (χ1n) is 3.12. The Balaban J connectivity index is 3.11. The van der Waals surface area contributed by atoms with E-state index in [1.165, 1.54) is 6.92 Å². The van der Waals surface area contributed by atoms with Crippen LogP contribution >= 0.6 is 0 Å². The Kier molecular flexibility index (Phi) is 1.82. The lowest BCUT2D eigenvalue weighted by Gasteiger charge is -1.93. The van der Waals surface area contributed by atoms with Crippen LogP contribution in [0.1, 0.15) is 6.92 Å². The fourth-order valence-electron chi connectivity index (χ4n) is 0.730. The van der Waals surface area contributed by atoms with E-state index in [0.29, 0.717) is 0 Å². The van der Waals surface area contributed by atoms with Gasteiger partial charge >= 0.3 is 5.97 Å². The van der Waals surface area contributed by atoms with E-state index in [4.69, 9.17) is 10.8 Å². The Morgan fingerprint density at radius 1 is 1.67 bits per heavy atom. The van der Waals surface area contributed by atoms with Gasteiger partial charge in [-0.25, -0.2) is 9.79 Å². The summed E-state index contributed by atoms with van der Waals surface area (Å²) in [7, 11) is 0. The fraction of sp³-hybridized carbons (Fsp3) is 0.167. The van der Waals surface area contributed by atoms with Crippen molar-refractivity contribution in [3.8, 4) is 0 Å². The van der Waals surface area contributed by atoms with Gasteiger partial charge in [0.05, 0.1) is 5.57 Å². The van der Waals surface area contributed by atoms with Gasteiger partial charge in [0.25, 0.3) is 5.91 Å². The molecule has 1 aliphatic heterocycles.